The van der Waals surface area contributed by atoms with Gasteiger partial charge in [0.25, 0.3) is 0 Å². The first-order chi connectivity index (χ1) is 16.1. The molecule has 4 nitrogen and oxygen atoms in total. The van der Waals surface area contributed by atoms with Crippen molar-refractivity contribution in [3.05, 3.63) is 65.0 Å². The Morgan fingerprint density at radius 2 is 1.64 bits per heavy atom. The van der Waals surface area contributed by atoms with Crippen molar-refractivity contribution in [3.63, 3.8) is 0 Å². The van der Waals surface area contributed by atoms with E-state index in [9.17, 15) is 9.18 Å². The van der Waals surface area contributed by atoms with Crippen LogP contribution in [0.3, 0.4) is 0 Å². The molecule has 0 atom stereocenters. The highest BCUT2D eigenvalue weighted by Crippen LogP contribution is 2.29. The van der Waals surface area contributed by atoms with Gasteiger partial charge in [0.2, 0.25) is 0 Å². The number of esters is 1. The number of unbranched alkanes of at least 4 members (excludes halogenated alkanes) is 5. The summed E-state index contributed by atoms with van der Waals surface area (Å²) in [7, 11) is 0. The van der Waals surface area contributed by atoms with Crippen LogP contribution in [0.4, 0.5) is 4.39 Å². The standard InChI is InChI=1S/C28H37FO4/c1-3-5-7-9-10-21-12-15-24(16-13-21)33-27(30)23-14-17-25(26(29)18-23)28-31-19-22(20-32-28)11-8-6-4-2/h12-18,22,28H,3-11,19-20H2,1-2H3. The summed E-state index contributed by atoms with van der Waals surface area (Å²) >= 11 is 0. The number of carbonyl (C=O) groups is 1. The monoisotopic (exact) mass is 456 g/mol. The van der Waals surface area contributed by atoms with E-state index in [1.54, 1.807) is 24.3 Å². The summed E-state index contributed by atoms with van der Waals surface area (Å²) in [5, 5.41) is 0. The Morgan fingerprint density at radius 3 is 2.30 bits per heavy atom. The zero-order valence-electron chi connectivity index (χ0n) is 20.0. The van der Waals surface area contributed by atoms with Crippen molar-refractivity contribution in [3.8, 4) is 5.75 Å². The maximum absolute atomic E-state index is 14.7. The van der Waals surface area contributed by atoms with E-state index in [1.165, 1.54) is 43.7 Å². The Balaban J connectivity index is 1.50. The molecule has 1 heterocycles. The van der Waals surface area contributed by atoms with Crippen molar-refractivity contribution in [2.75, 3.05) is 13.2 Å². The summed E-state index contributed by atoms with van der Waals surface area (Å²) in [6.07, 6.45) is 9.75. The molecule has 0 bridgehead atoms. The largest absolute Gasteiger partial charge is 0.423 e. The highest BCUT2D eigenvalue weighted by molar-refractivity contribution is 5.91. The van der Waals surface area contributed by atoms with E-state index >= 15 is 0 Å². The highest BCUT2D eigenvalue weighted by atomic mass is 19.1. The fourth-order valence-electron chi connectivity index (χ4n) is 4.06. The lowest BCUT2D eigenvalue weighted by molar-refractivity contribution is -0.207. The van der Waals surface area contributed by atoms with Crippen LogP contribution in [-0.4, -0.2) is 19.2 Å². The Morgan fingerprint density at radius 1 is 0.939 bits per heavy atom. The normalized spacial score (nSPS) is 18.3. The predicted molar refractivity (Wildman–Crippen MR) is 128 cm³/mol. The topological polar surface area (TPSA) is 44.8 Å². The van der Waals surface area contributed by atoms with Gasteiger partial charge in [0, 0.05) is 11.5 Å². The van der Waals surface area contributed by atoms with Gasteiger partial charge in [-0.25, -0.2) is 9.18 Å². The fraction of sp³-hybridized carbons (Fsp3) is 0.536. The minimum absolute atomic E-state index is 0.160. The van der Waals surface area contributed by atoms with E-state index in [4.69, 9.17) is 14.2 Å². The SMILES string of the molecule is CCCCCCc1ccc(OC(=O)c2ccc(C3OCC(CCCCC)CO3)c(F)c2)cc1. The molecule has 1 aliphatic heterocycles. The molecule has 1 aliphatic rings. The van der Waals surface area contributed by atoms with Crippen molar-refractivity contribution < 1.29 is 23.4 Å². The van der Waals surface area contributed by atoms with Gasteiger partial charge in [0.15, 0.2) is 6.29 Å². The molecule has 0 aliphatic carbocycles. The van der Waals surface area contributed by atoms with Crippen molar-refractivity contribution in [2.24, 2.45) is 5.92 Å². The van der Waals surface area contributed by atoms with Crippen LogP contribution in [0.1, 0.15) is 93.0 Å². The van der Waals surface area contributed by atoms with Gasteiger partial charge in [-0.15, -0.1) is 0 Å². The van der Waals surface area contributed by atoms with Crippen molar-refractivity contribution >= 4 is 5.97 Å². The molecule has 0 unspecified atom stereocenters. The molecule has 0 radical (unpaired) electrons. The first kappa shape index (κ1) is 25.4. The van der Waals surface area contributed by atoms with Gasteiger partial charge in [-0.3, -0.25) is 0 Å². The molecule has 2 aromatic rings. The van der Waals surface area contributed by atoms with Crippen LogP contribution in [0.15, 0.2) is 42.5 Å². The molecule has 2 aromatic carbocycles. The number of aryl methyl sites for hydroxylation is 1. The van der Waals surface area contributed by atoms with Crippen LogP contribution >= 0.6 is 0 Å². The first-order valence-corrected chi connectivity index (χ1v) is 12.4. The zero-order chi connectivity index (χ0) is 23.5. The summed E-state index contributed by atoms with van der Waals surface area (Å²) in [5.41, 5.74) is 1.69. The third-order valence-electron chi connectivity index (χ3n) is 6.13. The van der Waals surface area contributed by atoms with Gasteiger partial charge in [-0.05, 0) is 49.1 Å². The quantitative estimate of drug-likeness (QED) is 0.189. The first-order valence-electron chi connectivity index (χ1n) is 12.4. The summed E-state index contributed by atoms with van der Waals surface area (Å²) in [6.45, 7) is 5.50. The Kier molecular flexibility index (Phi) is 10.4. The second-order valence-electron chi connectivity index (χ2n) is 8.94. The van der Waals surface area contributed by atoms with Crippen LogP contribution in [0.2, 0.25) is 0 Å². The number of ether oxygens (including phenoxy) is 3. The molecule has 0 N–H and O–H groups in total. The molecular formula is C28H37FO4. The Bertz CT molecular complexity index is 857. The molecule has 33 heavy (non-hydrogen) atoms. The van der Waals surface area contributed by atoms with Gasteiger partial charge in [-0.2, -0.15) is 0 Å². The summed E-state index contributed by atoms with van der Waals surface area (Å²) < 4.78 is 31.7. The number of carbonyl (C=O) groups excluding carboxylic acids is 1. The van der Waals surface area contributed by atoms with Crippen molar-refractivity contribution in [1.29, 1.82) is 0 Å². The van der Waals surface area contributed by atoms with Crippen LogP contribution in [0.25, 0.3) is 0 Å². The predicted octanol–water partition coefficient (Wildman–Crippen LogP) is 7.41. The van der Waals surface area contributed by atoms with Gasteiger partial charge in [0.05, 0.1) is 18.8 Å². The zero-order valence-corrected chi connectivity index (χ0v) is 20.0. The van der Waals surface area contributed by atoms with Crippen LogP contribution in [0.5, 0.6) is 5.75 Å². The number of rotatable bonds is 12. The van der Waals surface area contributed by atoms with Crippen LogP contribution < -0.4 is 4.74 Å². The van der Waals surface area contributed by atoms with Gasteiger partial charge >= 0.3 is 5.97 Å². The molecule has 1 fully saturated rings. The molecule has 0 spiro atoms. The van der Waals surface area contributed by atoms with Crippen LogP contribution in [0, 0.1) is 11.7 Å². The summed E-state index contributed by atoms with van der Waals surface area (Å²) in [5.74, 6) is -0.304. The molecule has 1 saturated heterocycles. The second kappa shape index (κ2) is 13.5. The van der Waals surface area contributed by atoms with E-state index in [-0.39, 0.29) is 5.56 Å². The average molecular weight is 457 g/mol. The minimum atomic E-state index is -0.734. The molecule has 3 rings (SSSR count). The minimum Gasteiger partial charge on any atom is -0.423 e. The maximum atomic E-state index is 14.7. The van der Waals surface area contributed by atoms with E-state index in [0.717, 1.165) is 25.7 Å². The molecule has 0 aromatic heterocycles. The molecule has 180 valence electrons. The Hall–Kier alpha value is -2.24. The number of hydrogen-bond donors (Lipinski definition) is 0. The lowest BCUT2D eigenvalue weighted by Gasteiger charge is -2.29. The van der Waals surface area contributed by atoms with E-state index in [2.05, 4.69) is 13.8 Å². The van der Waals surface area contributed by atoms with E-state index < -0.39 is 18.1 Å². The van der Waals surface area contributed by atoms with Gasteiger partial charge in [0.1, 0.15) is 11.6 Å². The molecule has 0 saturated carbocycles. The molecule has 5 heteroatoms. The van der Waals surface area contributed by atoms with Crippen molar-refractivity contribution in [1.82, 2.24) is 0 Å². The van der Waals surface area contributed by atoms with Gasteiger partial charge < -0.3 is 14.2 Å². The highest BCUT2D eigenvalue weighted by Gasteiger charge is 2.26. The lowest BCUT2D eigenvalue weighted by atomic mass is 10.0. The third-order valence-corrected chi connectivity index (χ3v) is 6.13. The summed E-state index contributed by atoms with van der Waals surface area (Å²) in [6, 6.07) is 11.8. The maximum Gasteiger partial charge on any atom is 0.343 e. The number of benzene rings is 2. The molecule has 0 amide bonds. The smallest absolute Gasteiger partial charge is 0.343 e. The van der Waals surface area contributed by atoms with Crippen molar-refractivity contribution in [2.45, 2.75) is 77.9 Å². The fourth-order valence-corrected chi connectivity index (χ4v) is 4.06. The van der Waals surface area contributed by atoms with Gasteiger partial charge in [-0.1, -0.05) is 70.6 Å². The van der Waals surface area contributed by atoms with Crippen LogP contribution in [-0.2, 0) is 15.9 Å². The number of hydrogen-bond acceptors (Lipinski definition) is 4. The second-order valence-corrected chi connectivity index (χ2v) is 8.94. The van der Waals surface area contributed by atoms with E-state index in [0.29, 0.717) is 30.4 Å². The molecular weight excluding hydrogens is 419 g/mol. The third kappa shape index (κ3) is 7.94. The van der Waals surface area contributed by atoms with E-state index in [1.807, 2.05) is 12.1 Å². The summed E-state index contributed by atoms with van der Waals surface area (Å²) in [4.78, 5) is 12.5. The lowest BCUT2D eigenvalue weighted by Crippen LogP contribution is -2.27. The number of halogens is 1. The average Bonchev–Trinajstić information content (AvgIpc) is 2.83. The Labute approximate surface area is 197 Å².